The van der Waals surface area contributed by atoms with Crippen molar-refractivity contribution in [2.75, 3.05) is 13.2 Å². The monoisotopic (exact) mass is 259 g/mol. The molecule has 0 spiro atoms. The quantitative estimate of drug-likeness (QED) is 0.640. The summed E-state index contributed by atoms with van der Waals surface area (Å²) in [6.45, 7) is 3.76. The maximum absolute atomic E-state index is 11.4. The summed E-state index contributed by atoms with van der Waals surface area (Å²) in [6, 6.07) is 11.5. The molecular formula is C15H17NO3. The summed E-state index contributed by atoms with van der Waals surface area (Å²) < 4.78 is 9.99. The van der Waals surface area contributed by atoms with Gasteiger partial charge in [-0.15, -0.1) is 0 Å². The van der Waals surface area contributed by atoms with Crippen molar-refractivity contribution < 1.29 is 13.9 Å². The highest BCUT2D eigenvalue weighted by molar-refractivity contribution is 5.86. The molecule has 4 nitrogen and oxygen atoms in total. The van der Waals surface area contributed by atoms with Crippen LogP contribution < -0.4 is 5.32 Å². The summed E-state index contributed by atoms with van der Waals surface area (Å²) in [5.41, 5.74) is 2.46. The molecule has 4 heteroatoms. The van der Waals surface area contributed by atoms with E-state index in [0.29, 0.717) is 13.2 Å². The smallest absolute Gasteiger partial charge is 0.374 e. The first-order valence-corrected chi connectivity index (χ1v) is 6.22. The average molecular weight is 259 g/mol. The Hall–Kier alpha value is -2.07. The molecule has 2 rings (SSSR count). The van der Waals surface area contributed by atoms with E-state index in [1.54, 1.807) is 12.1 Å². The van der Waals surface area contributed by atoms with Crippen LogP contribution in [-0.2, 0) is 11.3 Å². The molecule has 0 fully saturated rings. The maximum atomic E-state index is 11.4. The summed E-state index contributed by atoms with van der Waals surface area (Å²) in [7, 11) is 0. The Bertz CT molecular complexity index is 520. The van der Waals surface area contributed by atoms with Crippen LogP contribution in [0.2, 0.25) is 0 Å². The van der Waals surface area contributed by atoms with Crippen LogP contribution >= 0.6 is 0 Å². The van der Waals surface area contributed by atoms with Gasteiger partial charge in [-0.25, -0.2) is 4.79 Å². The van der Waals surface area contributed by atoms with E-state index in [1.807, 2.05) is 6.07 Å². The number of carbonyl (C=O) groups is 1. The van der Waals surface area contributed by atoms with Crippen LogP contribution in [-0.4, -0.2) is 19.1 Å². The van der Waals surface area contributed by atoms with Gasteiger partial charge in [0.05, 0.1) is 6.26 Å². The molecule has 0 saturated heterocycles. The molecule has 1 aromatic heterocycles. The Morgan fingerprint density at radius 3 is 2.95 bits per heavy atom. The van der Waals surface area contributed by atoms with Crippen LogP contribution in [0.15, 0.2) is 47.1 Å². The Balaban J connectivity index is 1.64. The van der Waals surface area contributed by atoms with Crippen molar-refractivity contribution in [1.29, 1.82) is 0 Å². The van der Waals surface area contributed by atoms with Gasteiger partial charge < -0.3 is 14.5 Å². The number of hydrogen-bond acceptors (Lipinski definition) is 4. The summed E-state index contributed by atoms with van der Waals surface area (Å²) in [5, 5.41) is 3.22. The second kappa shape index (κ2) is 6.75. The highest BCUT2D eigenvalue weighted by Crippen LogP contribution is 2.03. The maximum Gasteiger partial charge on any atom is 0.374 e. The van der Waals surface area contributed by atoms with Crippen LogP contribution in [0, 0.1) is 6.92 Å². The second-order valence-corrected chi connectivity index (χ2v) is 4.28. The first-order valence-electron chi connectivity index (χ1n) is 6.22. The fourth-order valence-electron chi connectivity index (χ4n) is 1.74. The summed E-state index contributed by atoms with van der Waals surface area (Å²) in [6.07, 6.45) is 1.45. The first kappa shape index (κ1) is 13.4. The van der Waals surface area contributed by atoms with E-state index in [4.69, 9.17) is 9.15 Å². The zero-order valence-corrected chi connectivity index (χ0v) is 10.9. The average Bonchev–Trinajstić information content (AvgIpc) is 2.92. The number of carbonyl (C=O) groups excluding carboxylic acids is 1. The van der Waals surface area contributed by atoms with Gasteiger partial charge in [0, 0.05) is 13.1 Å². The number of esters is 1. The Morgan fingerprint density at radius 2 is 2.21 bits per heavy atom. The molecule has 19 heavy (non-hydrogen) atoms. The minimum atomic E-state index is -0.428. The van der Waals surface area contributed by atoms with Crippen molar-refractivity contribution in [3.05, 3.63) is 59.5 Å². The van der Waals surface area contributed by atoms with E-state index in [1.165, 1.54) is 17.4 Å². The largest absolute Gasteiger partial charge is 0.458 e. The third kappa shape index (κ3) is 4.26. The fourth-order valence-corrected chi connectivity index (χ4v) is 1.74. The number of aryl methyl sites for hydroxylation is 1. The van der Waals surface area contributed by atoms with Gasteiger partial charge in [0.1, 0.15) is 6.61 Å². The van der Waals surface area contributed by atoms with Gasteiger partial charge in [0.15, 0.2) is 0 Å². The summed E-state index contributed by atoms with van der Waals surface area (Å²) in [5.74, 6) is -0.193. The lowest BCUT2D eigenvalue weighted by Crippen LogP contribution is -2.21. The predicted molar refractivity (Wildman–Crippen MR) is 71.9 cm³/mol. The van der Waals surface area contributed by atoms with Crippen molar-refractivity contribution in [3.8, 4) is 0 Å². The summed E-state index contributed by atoms with van der Waals surface area (Å²) in [4.78, 5) is 11.4. The molecule has 0 radical (unpaired) electrons. The van der Waals surface area contributed by atoms with E-state index < -0.39 is 5.97 Å². The number of rotatable bonds is 6. The fraction of sp³-hybridized carbons (Fsp3) is 0.267. The van der Waals surface area contributed by atoms with Gasteiger partial charge >= 0.3 is 5.97 Å². The lowest BCUT2D eigenvalue weighted by Gasteiger charge is -2.06. The van der Waals surface area contributed by atoms with E-state index >= 15 is 0 Å². The standard InChI is InChI=1S/C15H17NO3/c1-12-4-2-5-13(10-12)11-16-7-9-19-15(17)14-6-3-8-18-14/h2-6,8,10,16H,7,9,11H2,1H3. The van der Waals surface area contributed by atoms with Crippen molar-refractivity contribution in [2.24, 2.45) is 0 Å². The van der Waals surface area contributed by atoms with Gasteiger partial charge in [0.25, 0.3) is 0 Å². The molecule has 1 aromatic carbocycles. The Morgan fingerprint density at radius 1 is 1.32 bits per heavy atom. The van der Waals surface area contributed by atoms with E-state index in [2.05, 4.69) is 30.4 Å². The number of ether oxygens (including phenoxy) is 1. The molecule has 0 aliphatic carbocycles. The SMILES string of the molecule is Cc1cccc(CNCCOC(=O)c2ccco2)c1. The van der Waals surface area contributed by atoms with E-state index in [9.17, 15) is 4.79 Å². The number of nitrogens with one attached hydrogen (secondary N) is 1. The van der Waals surface area contributed by atoms with Gasteiger partial charge in [-0.05, 0) is 24.6 Å². The molecule has 100 valence electrons. The molecule has 0 bridgehead atoms. The molecule has 0 saturated carbocycles. The highest BCUT2D eigenvalue weighted by Gasteiger charge is 2.08. The van der Waals surface area contributed by atoms with Crippen LogP contribution in [0.4, 0.5) is 0 Å². The molecular weight excluding hydrogens is 242 g/mol. The van der Waals surface area contributed by atoms with Crippen molar-refractivity contribution in [2.45, 2.75) is 13.5 Å². The molecule has 0 aliphatic heterocycles. The number of furan rings is 1. The van der Waals surface area contributed by atoms with Crippen LogP contribution in [0.25, 0.3) is 0 Å². The van der Waals surface area contributed by atoms with E-state index in [-0.39, 0.29) is 5.76 Å². The number of benzene rings is 1. The molecule has 0 aliphatic rings. The normalized spacial score (nSPS) is 10.4. The minimum absolute atomic E-state index is 0.235. The molecule has 1 heterocycles. The van der Waals surface area contributed by atoms with Crippen molar-refractivity contribution in [1.82, 2.24) is 5.32 Å². The molecule has 0 atom stereocenters. The van der Waals surface area contributed by atoms with Gasteiger partial charge in [-0.1, -0.05) is 29.8 Å². The lowest BCUT2D eigenvalue weighted by atomic mass is 10.1. The Labute approximate surface area is 112 Å². The minimum Gasteiger partial charge on any atom is -0.458 e. The van der Waals surface area contributed by atoms with Crippen LogP contribution in [0.1, 0.15) is 21.7 Å². The Kier molecular flexibility index (Phi) is 4.75. The topological polar surface area (TPSA) is 51.5 Å². The van der Waals surface area contributed by atoms with Gasteiger partial charge in [-0.2, -0.15) is 0 Å². The van der Waals surface area contributed by atoms with Crippen LogP contribution in [0.5, 0.6) is 0 Å². The highest BCUT2D eigenvalue weighted by atomic mass is 16.5. The summed E-state index contributed by atoms with van der Waals surface area (Å²) >= 11 is 0. The van der Waals surface area contributed by atoms with Gasteiger partial charge in [0.2, 0.25) is 5.76 Å². The lowest BCUT2D eigenvalue weighted by molar-refractivity contribution is 0.0472. The third-order valence-electron chi connectivity index (χ3n) is 2.65. The molecule has 0 unspecified atom stereocenters. The van der Waals surface area contributed by atoms with E-state index in [0.717, 1.165) is 6.54 Å². The molecule has 1 N–H and O–H groups in total. The van der Waals surface area contributed by atoms with Crippen molar-refractivity contribution >= 4 is 5.97 Å². The first-order chi connectivity index (χ1) is 9.25. The van der Waals surface area contributed by atoms with Crippen LogP contribution in [0.3, 0.4) is 0 Å². The second-order valence-electron chi connectivity index (χ2n) is 4.28. The predicted octanol–water partition coefficient (Wildman–Crippen LogP) is 2.53. The third-order valence-corrected chi connectivity index (χ3v) is 2.65. The van der Waals surface area contributed by atoms with Gasteiger partial charge in [-0.3, -0.25) is 0 Å². The zero-order valence-electron chi connectivity index (χ0n) is 10.9. The molecule has 0 amide bonds. The molecule has 2 aromatic rings. The van der Waals surface area contributed by atoms with Crippen molar-refractivity contribution in [3.63, 3.8) is 0 Å². The zero-order chi connectivity index (χ0) is 13.5. The number of hydrogen-bond donors (Lipinski definition) is 1.